The first kappa shape index (κ1) is 16.7. The lowest BCUT2D eigenvalue weighted by Gasteiger charge is -2.12. The van der Waals surface area contributed by atoms with E-state index in [1.54, 1.807) is 12.1 Å². The van der Waals surface area contributed by atoms with Gasteiger partial charge in [0.2, 0.25) is 0 Å². The number of nitrogens with two attached hydrogens (primary N) is 1. The van der Waals surface area contributed by atoms with Crippen molar-refractivity contribution in [1.82, 2.24) is 5.43 Å². The first-order chi connectivity index (χ1) is 10.9. The summed E-state index contributed by atoms with van der Waals surface area (Å²) in [7, 11) is 0. The van der Waals surface area contributed by atoms with Gasteiger partial charge in [0.15, 0.2) is 0 Å². The van der Waals surface area contributed by atoms with E-state index in [0.717, 1.165) is 17.7 Å². The quantitative estimate of drug-likeness (QED) is 0.672. The maximum atomic E-state index is 12.5. The van der Waals surface area contributed by atoms with E-state index in [-0.39, 0.29) is 5.56 Å². The Kier molecular flexibility index (Phi) is 5.13. The van der Waals surface area contributed by atoms with E-state index in [1.807, 2.05) is 18.2 Å². The molecule has 0 spiro atoms. The number of hydrazone groups is 1. The fraction of sp³-hybridized carbons (Fsp3) is 0.125. The van der Waals surface area contributed by atoms with E-state index in [2.05, 4.69) is 10.5 Å². The highest BCUT2D eigenvalue weighted by Gasteiger charge is 2.30. The van der Waals surface area contributed by atoms with Crippen molar-refractivity contribution in [3.8, 4) is 0 Å². The van der Waals surface area contributed by atoms with E-state index >= 15 is 0 Å². The topological polar surface area (TPSA) is 67.5 Å². The zero-order valence-corrected chi connectivity index (χ0v) is 11.9. The van der Waals surface area contributed by atoms with Gasteiger partial charge in [-0.1, -0.05) is 42.5 Å². The maximum absolute atomic E-state index is 12.5. The highest BCUT2D eigenvalue weighted by molar-refractivity contribution is 5.85. The van der Waals surface area contributed by atoms with Gasteiger partial charge < -0.3 is 5.73 Å². The molecule has 2 aromatic rings. The molecule has 1 atom stereocenters. The second-order valence-electron chi connectivity index (χ2n) is 4.74. The van der Waals surface area contributed by atoms with Gasteiger partial charge in [-0.25, -0.2) is 5.43 Å². The molecule has 3 N–H and O–H groups in total. The first-order valence-electron chi connectivity index (χ1n) is 6.68. The fourth-order valence-electron chi connectivity index (χ4n) is 1.81. The molecule has 0 aliphatic rings. The standard InChI is InChI=1S/C16H14F3N3O/c17-16(18,19)13-8-6-12(7-9-13)14(20)15(23)22-21-10-11-4-2-1-3-5-11/h1-10,14H,20H2,(H,22,23)/b21-10+/t14-/m0/s1. The number of carbonyl (C=O) groups is 1. The molecule has 0 unspecified atom stereocenters. The third kappa shape index (κ3) is 4.65. The molecule has 1 amide bonds. The number of alkyl halides is 3. The molecule has 0 heterocycles. The van der Waals surface area contributed by atoms with E-state index in [1.165, 1.54) is 18.3 Å². The molecule has 120 valence electrons. The minimum Gasteiger partial charge on any atom is -0.316 e. The number of rotatable bonds is 4. The fourth-order valence-corrected chi connectivity index (χ4v) is 1.81. The van der Waals surface area contributed by atoms with Crippen LogP contribution in [0.5, 0.6) is 0 Å². The maximum Gasteiger partial charge on any atom is 0.416 e. The predicted octanol–water partition coefficient (Wildman–Crippen LogP) is 2.86. The van der Waals surface area contributed by atoms with Gasteiger partial charge in [0.05, 0.1) is 11.8 Å². The van der Waals surface area contributed by atoms with Crippen LogP contribution in [-0.2, 0) is 11.0 Å². The van der Waals surface area contributed by atoms with Crippen molar-refractivity contribution in [2.45, 2.75) is 12.2 Å². The monoisotopic (exact) mass is 321 g/mol. The minimum atomic E-state index is -4.43. The Labute approximate surface area is 130 Å². The third-order valence-electron chi connectivity index (χ3n) is 3.07. The lowest BCUT2D eigenvalue weighted by Crippen LogP contribution is -2.31. The van der Waals surface area contributed by atoms with Gasteiger partial charge in [-0.3, -0.25) is 4.79 Å². The predicted molar refractivity (Wildman–Crippen MR) is 80.6 cm³/mol. The summed E-state index contributed by atoms with van der Waals surface area (Å²) in [4.78, 5) is 11.8. The van der Waals surface area contributed by atoms with E-state index in [0.29, 0.717) is 0 Å². The van der Waals surface area contributed by atoms with Gasteiger partial charge in [0.1, 0.15) is 6.04 Å². The second kappa shape index (κ2) is 7.06. The average Bonchev–Trinajstić information content (AvgIpc) is 2.54. The van der Waals surface area contributed by atoms with Crippen molar-refractivity contribution in [3.63, 3.8) is 0 Å². The van der Waals surface area contributed by atoms with Crippen LogP contribution in [0.1, 0.15) is 22.7 Å². The summed E-state index contributed by atoms with van der Waals surface area (Å²) in [5, 5.41) is 3.76. The molecular formula is C16H14F3N3O. The van der Waals surface area contributed by atoms with Gasteiger partial charge in [0, 0.05) is 0 Å². The van der Waals surface area contributed by atoms with Gasteiger partial charge in [-0.05, 0) is 23.3 Å². The molecule has 0 saturated heterocycles. The number of hydrogen-bond donors (Lipinski definition) is 2. The molecular weight excluding hydrogens is 307 g/mol. The second-order valence-corrected chi connectivity index (χ2v) is 4.74. The van der Waals surface area contributed by atoms with Crippen LogP contribution in [0.15, 0.2) is 59.7 Å². The SMILES string of the molecule is N[C@H](C(=O)N/N=C/c1ccccc1)c1ccc(C(F)(F)F)cc1. The molecule has 0 aliphatic heterocycles. The third-order valence-corrected chi connectivity index (χ3v) is 3.07. The smallest absolute Gasteiger partial charge is 0.316 e. The zero-order valence-electron chi connectivity index (χ0n) is 11.9. The number of nitrogens with zero attached hydrogens (tertiary/aromatic N) is 1. The van der Waals surface area contributed by atoms with Crippen LogP contribution >= 0.6 is 0 Å². The van der Waals surface area contributed by atoms with E-state index in [9.17, 15) is 18.0 Å². The summed E-state index contributed by atoms with van der Waals surface area (Å²) >= 11 is 0. The number of halogens is 3. The Balaban J connectivity index is 1.98. The molecule has 7 heteroatoms. The Morgan fingerprint density at radius 3 is 2.26 bits per heavy atom. The Hall–Kier alpha value is -2.67. The molecule has 2 rings (SSSR count). The van der Waals surface area contributed by atoms with Gasteiger partial charge in [-0.2, -0.15) is 18.3 Å². The lowest BCUT2D eigenvalue weighted by molar-refractivity contribution is -0.137. The van der Waals surface area contributed by atoms with Crippen LogP contribution in [0, 0.1) is 0 Å². The van der Waals surface area contributed by atoms with Crippen LogP contribution < -0.4 is 11.2 Å². The van der Waals surface area contributed by atoms with E-state index in [4.69, 9.17) is 5.73 Å². The van der Waals surface area contributed by atoms with Crippen molar-refractivity contribution in [2.75, 3.05) is 0 Å². The molecule has 0 aliphatic carbocycles. The molecule has 0 aromatic heterocycles. The number of nitrogens with one attached hydrogen (secondary N) is 1. The van der Waals surface area contributed by atoms with Crippen LogP contribution in [-0.4, -0.2) is 12.1 Å². The van der Waals surface area contributed by atoms with Crippen LogP contribution in [0.25, 0.3) is 0 Å². The molecule has 0 fully saturated rings. The van der Waals surface area contributed by atoms with Gasteiger partial charge in [0.25, 0.3) is 5.91 Å². The van der Waals surface area contributed by atoms with Crippen molar-refractivity contribution >= 4 is 12.1 Å². The molecule has 0 radical (unpaired) electrons. The van der Waals surface area contributed by atoms with Crippen molar-refractivity contribution in [1.29, 1.82) is 0 Å². The van der Waals surface area contributed by atoms with Crippen molar-refractivity contribution in [3.05, 3.63) is 71.3 Å². The Morgan fingerprint density at radius 1 is 1.09 bits per heavy atom. The summed E-state index contributed by atoms with van der Waals surface area (Å²) in [6.45, 7) is 0. The normalized spacial score (nSPS) is 13.0. The Morgan fingerprint density at radius 2 is 1.70 bits per heavy atom. The van der Waals surface area contributed by atoms with Crippen molar-refractivity contribution in [2.24, 2.45) is 10.8 Å². The summed E-state index contributed by atoms with van der Waals surface area (Å²) in [6, 6.07) is 12.1. The van der Waals surface area contributed by atoms with Gasteiger partial charge in [-0.15, -0.1) is 0 Å². The molecule has 23 heavy (non-hydrogen) atoms. The number of amides is 1. The zero-order chi connectivity index (χ0) is 16.9. The molecule has 0 saturated carbocycles. The van der Waals surface area contributed by atoms with Crippen LogP contribution in [0.2, 0.25) is 0 Å². The van der Waals surface area contributed by atoms with Crippen molar-refractivity contribution < 1.29 is 18.0 Å². The van der Waals surface area contributed by atoms with E-state index < -0.39 is 23.7 Å². The number of hydrogen-bond acceptors (Lipinski definition) is 3. The summed E-state index contributed by atoms with van der Waals surface area (Å²) in [5.74, 6) is -0.614. The van der Waals surface area contributed by atoms with Crippen LogP contribution in [0.4, 0.5) is 13.2 Å². The summed E-state index contributed by atoms with van der Waals surface area (Å²) in [5.41, 5.74) is 8.23. The number of carbonyl (C=O) groups excluding carboxylic acids is 1. The van der Waals surface area contributed by atoms with Crippen LogP contribution in [0.3, 0.4) is 0 Å². The largest absolute Gasteiger partial charge is 0.416 e. The minimum absolute atomic E-state index is 0.269. The molecule has 4 nitrogen and oxygen atoms in total. The molecule has 0 bridgehead atoms. The highest BCUT2D eigenvalue weighted by atomic mass is 19.4. The summed E-state index contributed by atoms with van der Waals surface area (Å²) in [6.07, 6.45) is -2.98. The lowest BCUT2D eigenvalue weighted by atomic mass is 10.0. The average molecular weight is 321 g/mol. The molecule has 2 aromatic carbocycles. The summed E-state index contributed by atoms with van der Waals surface area (Å²) < 4.78 is 37.4. The first-order valence-corrected chi connectivity index (χ1v) is 6.68. The Bertz CT molecular complexity index is 682. The van der Waals surface area contributed by atoms with Gasteiger partial charge >= 0.3 is 6.18 Å². The highest BCUT2D eigenvalue weighted by Crippen LogP contribution is 2.29. The number of benzene rings is 2.